The molecule has 24 heavy (non-hydrogen) atoms. The first-order valence-electron chi connectivity index (χ1n) is 6.70. The van der Waals surface area contributed by atoms with Crippen LogP contribution >= 0.6 is 34.2 Å². The molecule has 2 rings (SSSR count). The second-order valence-corrected chi connectivity index (χ2v) is 7.72. The Morgan fingerprint density at radius 1 is 1.25 bits per heavy atom. The Kier molecular flexibility index (Phi) is 5.94. The molecule has 0 unspecified atom stereocenters. The van der Waals surface area contributed by atoms with Gasteiger partial charge in [0.1, 0.15) is 4.90 Å². The standard InChI is InChI=1S/C15H13ClINO5S/c1-2-22-13-8-9(15(18)19)7-12(17)14(13)23-24(20,21)11-5-3-10(16)4-6-11/h3-8H,2H2,1H3,(H2,18,19). The van der Waals surface area contributed by atoms with Crippen molar-refractivity contribution in [2.24, 2.45) is 5.73 Å². The summed E-state index contributed by atoms with van der Waals surface area (Å²) >= 11 is 7.61. The molecule has 0 aromatic heterocycles. The molecule has 0 aliphatic rings. The molecule has 0 atom stereocenters. The highest BCUT2D eigenvalue weighted by Crippen LogP contribution is 2.36. The van der Waals surface area contributed by atoms with Gasteiger partial charge in [-0.1, -0.05) is 11.6 Å². The van der Waals surface area contributed by atoms with Crippen LogP contribution < -0.4 is 14.7 Å². The number of amides is 1. The second-order valence-electron chi connectivity index (χ2n) is 4.57. The number of hydrogen-bond acceptors (Lipinski definition) is 5. The summed E-state index contributed by atoms with van der Waals surface area (Å²) in [6, 6.07) is 8.34. The van der Waals surface area contributed by atoms with E-state index in [1.165, 1.54) is 36.4 Å². The number of ether oxygens (including phenoxy) is 1. The molecule has 0 fully saturated rings. The Hall–Kier alpha value is -1.52. The molecule has 2 aromatic carbocycles. The Balaban J connectivity index is 2.47. The van der Waals surface area contributed by atoms with Gasteiger partial charge >= 0.3 is 10.1 Å². The maximum atomic E-state index is 12.4. The number of hydrogen-bond donors (Lipinski definition) is 1. The van der Waals surface area contributed by atoms with Crippen LogP contribution in [-0.2, 0) is 10.1 Å². The number of carbonyl (C=O) groups is 1. The minimum Gasteiger partial charge on any atom is -0.490 e. The summed E-state index contributed by atoms with van der Waals surface area (Å²) in [6.07, 6.45) is 0. The molecule has 0 heterocycles. The Bertz CT molecular complexity index is 868. The van der Waals surface area contributed by atoms with Gasteiger partial charge in [-0.05, 0) is 65.9 Å². The highest BCUT2D eigenvalue weighted by molar-refractivity contribution is 14.1. The summed E-state index contributed by atoms with van der Waals surface area (Å²) in [7, 11) is -4.09. The lowest BCUT2D eigenvalue weighted by atomic mass is 10.2. The lowest BCUT2D eigenvalue weighted by Crippen LogP contribution is -2.14. The van der Waals surface area contributed by atoms with Crippen molar-refractivity contribution in [1.82, 2.24) is 0 Å². The average Bonchev–Trinajstić information content (AvgIpc) is 2.51. The van der Waals surface area contributed by atoms with Crippen molar-refractivity contribution in [3.05, 3.63) is 50.6 Å². The highest BCUT2D eigenvalue weighted by atomic mass is 127. The number of primary amides is 1. The fourth-order valence-corrected chi connectivity index (χ4v) is 3.76. The number of carbonyl (C=O) groups excluding carboxylic acids is 1. The van der Waals surface area contributed by atoms with Crippen LogP contribution in [0.5, 0.6) is 11.5 Å². The molecule has 128 valence electrons. The van der Waals surface area contributed by atoms with Crippen molar-refractivity contribution in [2.75, 3.05) is 6.61 Å². The van der Waals surface area contributed by atoms with Gasteiger partial charge in [-0.25, -0.2) is 0 Å². The van der Waals surface area contributed by atoms with Gasteiger partial charge < -0.3 is 14.7 Å². The summed E-state index contributed by atoms with van der Waals surface area (Å²) in [4.78, 5) is 11.3. The molecule has 2 aromatic rings. The minimum absolute atomic E-state index is 0.00241. The van der Waals surface area contributed by atoms with Gasteiger partial charge in [-0.15, -0.1) is 0 Å². The molecule has 6 nitrogen and oxygen atoms in total. The van der Waals surface area contributed by atoms with Gasteiger partial charge in [0, 0.05) is 10.6 Å². The van der Waals surface area contributed by atoms with Gasteiger partial charge in [0.05, 0.1) is 10.2 Å². The fourth-order valence-electron chi connectivity index (χ4n) is 1.81. The first-order chi connectivity index (χ1) is 11.2. The first kappa shape index (κ1) is 18.8. The van der Waals surface area contributed by atoms with Crippen LogP contribution in [-0.4, -0.2) is 20.9 Å². The zero-order valence-corrected chi connectivity index (χ0v) is 16.2. The maximum absolute atomic E-state index is 12.4. The lowest BCUT2D eigenvalue weighted by Gasteiger charge is -2.14. The van der Waals surface area contributed by atoms with E-state index in [2.05, 4.69) is 0 Å². The van der Waals surface area contributed by atoms with E-state index in [1.807, 2.05) is 22.6 Å². The SMILES string of the molecule is CCOc1cc(C(N)=O)cc(I)c1OS(=O)(=O)c1ccc(Cl)cc1. The molecule has 0 bridgehead atoms. The molecular weight excluding hydrogens is 469 g/mol. The fraction of sp³-hybridized carbons (Fsp3) is 0.133. The van der Waals surface area contributed by atoms with Gasteiger partial charge in [-0.3, -0.25) is 4.79 Å². The van der Waals surface area contributed by atoms with E-state index in [-0.39, 0.29) is 28.6 Å². The Morgan fingerprint density at radius 2 is 1.88 bits per heavy atom. The third-order valence-corrected chi connectivity index (χ3v) is 5.18. The summed E-state index contributed by atoms with van der Waals surface area (Å²) in [6.45, 7) is 1.98. The van der Waals surface area contributed by atoms with Crippen LogP contribution in [0, 0.1) is 3.57 Å². The molecular formula is C15H13ClINO5S. The summed E-state index contributed by atoms with van der Waals surface area (Å²) in [5, 5.41) is 0.407. The molecule has 0 radical (unpaired) electrons. The van der Waals surface area contributed by atoms with E-state index >= 15 is 0 Å². The number of halogens is 2. The lowest BCUT2D eigenvalue weighted by molar-refractivity contribution is 0.0999. The van der Waals surface area contributed by atoms with Crippen LogP contribution in [0.15, 0.2) is 41.3 Å². The summed E-state index contributed by atoms with van der Waals surface area (Å²) in [5.74, 6) is -0.533. The number of benzene rings is 2. The average molecular weight is 482 g/mol. The molecule has 0 saturated heterocycles. The van der Waals surface area contributed by atoms with Gasteiger partial charge in [0.15, 0.2) is 11.5 Å². The van der Waals surface area contributed by atoms with Crippen molar-refractivity contribution in [3.8, 4) is 11.5 Å². The molecule has 0 saturated carbocycles. The Labute approximate surface area is 158 Å². The van der Waals surface area contributed by atoms with Crippen molar-refractivity contribution in [2.45, 2.75) is 11.8 Å². The van der Waals surface area contributed by atoms with Crippen LogP contribution in [0.1, 0.15) is 17.3 Å². The van der Waals surface area contributed by atoms with Crippen molar-refractivity contribution in [1.29, 1.82) is 0 Å². The third kappa shape index (κ3) is 4.31. The monoisotopic (exact) mass is 481 g/mol. The normalized spacial score (nSPS) is 11.1. The Morgan fingerprint density at radius 3 is 2.42 bits per heavy atom. The number of nitrogens with two attached hydrogens (primary N) is 1. The van der Waals surface area contributed by atoms with Gasteiger partial charge in [0.2, 0.25) is 5.91 Å². The van der Waals surface area contributed by atoms with E-state index < -0.39 is 16.0 Å². The predicted molar refractivity (Wildman–Crippen MR) is 98.1 cm³/mol. The zero-order chi connectivity index (χ0) is 17.9. The molecule has 9 heteroatoms. The summed E-state index contributed by atoms with van der Waals surface area (Å²) in [5.41, 5.74) is 5.45. The molecule has 1 amide bonds. The minimum atomic E-state index is -4.09. The van der Waals surface area contributed by atoms with E-state index in [4.69, 9.17) is 26.3 Å². The van der Waals surface area contributed by atoms with Crippen LogP contribution in [0.2, 0.25) is 5.02 Å². The van der Waals surface area contributed by atoms with Gasteiger partial charge in [-0.2, -0.15) is 8.42 Å². The topological polar surface area (TPSA) is 95.7 Å². The van der Waals surface area contributed by atoms with E-state index in [1.54, 1.807) is 6.92 Å². The molecule has 0 aliphatic carbocycles. The predicted octanol–water partition coefficient (Wildman–Crippen LogP) is 3.21. The maximum Gasteiger partial charge on any atom is 0.339 e. The zero-order valence-electron chi connectivity index (χ0n) is 12.5. The van der Waals surface area contributed by atoms with Crippen LogP contribution in [0.4, 0.5) is 0 Å². The van der Waals surface area contributed by atoms with Gasteiger partial charge in [0.25, 0.3) is 0 Å². The molecule has 0 aliphatic heterocycles. The van der Waals surface area contributed by atoms with Crippen LogP contribution in [0.25, 0.3) is 0 Å². The smallest absolute Gasteiger partial charge is 0.339 e. The summed E-state index contributed by atoms with van der Waals surface area (Å²) < 4.78 is 35.8. The molecule has 2 N–H and O–H groups in total. The number of rotatable bonds is 6. The van der Waals surface area contributed by atoms with Crippen molar-refractivity contribution < 1.29 is 22.1 Å². The highest BCUT2D eigenvalue weighted by Gasteiger charge is 2.23. The largest absolute Gasteiger partial charge is 0.490 e. The quantitative estimate of drug-likeness (QED) is 0.505. The third-order valence-electron chi connectivity index (χ3n) is 2.89. The molecule has 0 spiro atoms. The van der Waals surface area contributed by atoms with E-state index in [9.17, 15) is 13.2 Å². The van der Waals surface area contributed by atoms with Crippen molar-refractivity contribution in [3.63, 3.8) is 0 Å². The second kappa shape index (κ2) is 7.58. The van der Waals surface area contributed by atoms with Crippen molar-refractivity contribution >= 4 is 50.2 Å². The first-order valence-corrected chi connectivity index (χ1v) is 9.57. The van der Waals surface area contributed by atoms with E-state index in [0.29, 0.717) is 8.59 Å². The van der Waals surface area contributed by atoms with E-state index in [0.717, 1.165) is 0 Å². The van der Waals surface area contributed by atoms with Crippen LogP contribution in [0.3, 0.4) is 0 Å².